The second kappa shape index (κ2) is 7.20. The number of hydrogen-bond acceptors (Lipinski definition) is 6. The molecule has 146 valence electrons. The molecule has 28 heavy (non-hydrogen) atoms. The van der Waals surface area contributed by atoms with Crippen LogP contribution in [0.3, 0.4) is 0 Å². The molecule has 0 spiro atoms. The monoisotopic (exact) mass is 429 g/mol. The molecular weight excluding hydrogens is 419 g/mol. The number of benzene rings is 2. The van der Waals surface area contributed by atoms with Gasteiger partial charge >= 0.3 is 15.5 Å². The smallest absolute Gasteiger partial charge is 0.258 e. The summed E-state index contributed by atoms with van der Waals surface area (Å²) in [4.78, 5) is 14.6. The van der Waals surface area contributed by atoms with Crippen LogP contribution in [-0.4, -0.2) is 23.8 Å². The molecule has 0 atom stereocenters. The Morgan fingerprint density at radius 1 is 1.00 bits per heavy atom. The molecule has 7 nitrogen and oxygen atoms in total. The largest absolute Gasteiger partial charge is 0.516 e. The van der Waals surface area contributed by atoms with E-state index in [2.05, 4.69) is 4.98 Å². The van der Waals surface area contributed by atoms with Gasteiger partial charge in [0.15, 0.2) is 5.13 Å². The standard InChI is InChI=1S/C16H10F3N3O4S2/c17-16(18,19)28(25,26)21-15-20-13(10-4-2-1-3-5-10)14(27-15)11-6-8-12(9-7-11)22(23)24/h1-9H,(H,20,21). The van der Waals surface area contributed by atoms with Crippen LogP contribution in [0.25, 0.3) is 21.7 Å². The summed E-state index contributed by atoms with van der Waals surface area (Å²) in [6, 6.07) is 13.7. The number of thiazole rings is 1. The molecule has 1 heterocycles. The summed E-state index contributed by atoms with van der Waals surface area (Å²) in [5.74, 6) is 0. The van der Waals surface area contributed by atoms with E-state index in [1.165, 1.54) is 29.0 Å². The zero-order valence-corrected chi connectivity index (χ0v) is 15.3. The molecule has 12 heteroatoms. The van der Waals surface area contributed by atoms with Crippen molar-refractivity contribution in [3.8, 4) is 21.7 Å². The van der Waals surface area contributed by atoms with E-state index >= 15 is 0 Å². The van der Waals surface area contributed by atoms with Crippen LogP contribution >= 0.6 is 11.3 Å². The Balaban J connectivity index is 2.10. The van der Waals surface area contributed by atoms with E-state index in [1.54, 1.807) is 30.3 Å². The van der Waals surface area contributed by atoms with Crippen molar-refractivity contribution in [3.63, 3.8) is 0 Å². The summed E-state index contributed by atoms with van der Waals surface area (Å²) in [7, 11) is -5.63. The highest BCUT2D eigenvalue weighted by molar-refractivity contribution is 7.93. The van der Waals surface area contributed by atoms with E-state index in [1.807, 2.05) is 0 Å². The summed E-state index contributed by atoms with van der Waals surface area (Å²) >= 11 is 0.693. The summed E-state index contributed by atoms with van der Waals surface area (Å²) in [6.07, 6.45) is 0. The van der Waals surface area contributed by atoms with Crippen LogP contribution in [0.4, 0.5) is 24.0 Å². The molecule has 1 aromatic heterocycles. The van der Waals surface area contributed by atoms with E-state index in [4.69, 9.17) is 0 Å². The van der Waals surface area contributed by atoms with Crippen molar-refractivity contribution in [2.75, 3.05) is 4.72 Å². The minimum absolute atomic E-state index is 0.160. The van der Waals surface area contributed by atoms with Crippen molar-refractivity contribution in [1.29, 1.82) is 0 Å². The molecule has 0 bridgehead atoms. The van der Waals surface area contributed by atoms with Crippen molar-refractivity contribution in [2.24, 2.45) is 0 Å². The maximum atomic E-state index is 12.7. The number of aromatic nitrogens is 1. The molecular formula is C16H10F3N3O4S2. The van der Waals surface area contributed by atoms with Crippen LogP contribution in [0.15, 0.2) is 54.6 Å². The molecule has 3 rings (SSSR count). The summed E-state index contributed by atoms with van der Waals surface area (Å²) in [5.41, 5.74) is -4.41. The number of halogens is 3. The highest BCUT2D eigenvalue weighted by atomic mass is 32.2. The molecule has 3 aromatic rings. The number of non-ortho nitro benzene ring substituents is 1. The number of nitro benzene ring substituents is 1. The predicted octanol–water partition coefficient (Wildman–Crippen LogP) is 4.65. The molecule has 0 fully saturated rings. The fourth-order valence-corrected chi connectivity index (χ4v) is 3.99. The number of hydrogen-bond donors (Lipinski definition) is 1. The number of nitrogens with zero attached hydrogens (tertiary/aromatic N) is 2. The van der Waals surface area contributed by atoms with Gasteiger partial charge in [-0.1, -0.05) is 41.7 Å². The van der Waals surface area contributed by atoms with Gasteiger partial charge in [0, 0.05) is 17.7 Å². The topological polar surface area (TPSA) is 102 Å². The van der Waals surface area contributed by atoms with Crippen LogP contribution in [0, 0.1) is 10.1 Å². The summed E-state index contributed by atoms with van der Waals surface area (Å²) in [6.45, 7) is 0. The van der Waals surface area contributed by atoms with Crippen LogP contribution in [0.1, 0.15) is 0 Å². The van der Waals surface area contributed by atoms with Gasteiger partial charge in [-0.15, -0.1) is 0 Å². The Kier molecular flexibility index (Phi) is 5.08. The minimum atomic E-state index is -5.63. The third-order valence-electron chi connectivity index (χ3n) is 3.54. The number of nitrogens with one attached hydrogen (secondary N) is 1. The van der Waals surface area contributed by atoms with Gasteiger partial charge in [-0.25, -0.2) is 4.98 Å². The molecule has 0 aliphatic rings. The van der Waals surface area contributed by atoms with Gasteiger partial charge in [-0.05, 0) is 17.7 Å². The van der Waals surface area contributed by atoms with Crippen LogP contribution in [0.5, 0.6) is 0 Å². The van der Waals surface area contributed by atoms with Crippen molar-refractivity contribution in [2.45, 2.75) is 5.51 Å². The summed E-state index contributed by atoms with van der Waals surface area (Å²) in [5, 5.41) is 10.3. The molecule has 0 aliphatic heterocycles. The number of nitro groups is 1. The Labute approximate surface area is 160 Å². The van der Waals surface area contributed by atoms with Crippen molar-refractivity contribution >= 4 is 32.2 Å². The van der Waals surface area contributed by atoms with Gasteiger partial charge in [0.25, 0.3) is 5.69 Å². The van der Waals surface area contributed by atoms with Crippen molar-refractivity contribution in [3.05, 3.63) is 64.7 Å². The number of alkyl halides is 3. The van der Waals surface area contributed by atoms with E-state index in [9.17, 15) is 31.7 Å². The molecule has 0 radical (unpaired) electrons. The van der Waals surface area contributed by atoms with Crippen molar-refractivity contribution < 1.29 is 26.5 Å². The third kappa shape index (κ3) is 3.97. The van der Waals surface area contributed by atoms with E-state index in [-0.39, 0.29) is 11.4 Å². The lowest BCUT2D eigenvalue weighted by Gasteiger charge is -2.07. The number of sulfonamides is 1. The second-order valence-electron chi connectivity index (χ2n) is 5.42. The first-order valence-electron chi connectivity index (χ1n) is 7.48. The maximum Gasteiger partial charge on any atom is 0.516 e. The Hall–Kier alpha value is -2.99. The average Bonchev–Trinajstić information content (AvgIpc) is 3.04. The molecule has 0 unspecified atom stereocenters. The summed E-state index contributed by atoms with van der Waals surface area (Å²) < 4.78 is 62.2. The van der Waals surface area contributed by atoms with Gasteiger partial charge < -0.3 is 0 Å². The lowest BCUT2D eigenvalue weighted by atomic mass is 10.1. The quantitative estimate of drug-likeness (QED) is 0.470. The number of anilines is 1. The lowest BCUT2D eigenvalue weighted by Crippen LogP contribution is -2.29. The van der Waals surface area contributed by atoms with Gasteiger partial charge in [0.2, 0.25) is 0 Å². The van der Waals surface area contributed by atoms with E-state index in [0.717, 1.165) is 0 Å². The highest BCUT2D eigenvalue weighted by Crippen LogP contribution is 2.40. The first-order chi connectivity index (χ1) is 13.1. The molecule has 0 aliphatic carbocycles. The van der Waals surface area contributed by atoms with Gasteiger partial charge in [0.05, 0.1) is 15.5 Å². The van der Waals surface area contributed by atoms with Crippen LogP contribution in [0.2, 0.25) is 0 Å². The zero-order valence-electron chi connectivity index (χ0n) is 13.7. The Morgan fingerprint density at radius 2 is 1.61 bits per heavy atom. The van der Waals surface area contributed by atoms with E-state index < -0.39 is 25.6 Å². The first kappa shape index (κ1) is 19.8. The first-order valence-corrected chi connectivity index (χ1v) is 9.78. The van der Waals surface area contributed by atoms with Crippen LogP contribution in [-0.2, 0) is 10.0 Å². The number of rotatable bonds is 5. The average molecular weight is 429 g/mol. The molecule has 0 amide bonds. The van der Waals surface area contributed by atoms with Crippen LogP contribution < -0.4 is 4.72 Å². The molecule has 2 aromatic carbocycles. The fraction of sp³-hybridized carbons (Fsp3) is 0.0625. The third-order valence-corrected chi connectivity index (χ3v) is 5.76. The van der Waals surface area contributed by atoms with E-state index in [0.29, 0.717) is 27.3 Å². The minimum Gasteiger partial charge on any atom is -0.258 e. The Bertz CT molecular complexity index is 1110. The van der Waals surface area contributed by atoms with Gasteiger partial charge in [-0.2, -0.15) is 21.6 Å². The van der Waals surface area contributed by atoms with Crippen molar-refractivity contribution in [1.82, 2.24) is 4.98 Å². The zero-order chi connectivity index (χ0) is 20.5. The van der Waals surface area contributed by atoms with Gasteiger partial charge in [-0.3, -0.25) is 14.8 Å². The highest BCUT2D eigenvalue weighted by Gasteiger charge is 2.46. The maximum absolute atomic E-state index is 12.7. The second-order valence-corrected chi connectivity index (χ2v) is 8.09. The lowest BCUT2D eigenvalue weighted by molar-refractivity contribution is -0.384. The molecule has 1 N–H and O–H groups in total. The normalized spacial score (nSPS) is 12.0. The predicted molar refractivity (Wildman–Crippen MR) is 98.2 cm³/mol. The molecule has 0 saturated carbocycles. The SMILES string of the molecule is O=[N+]([O-])c1ccc(-c2sc(NS(=O)(=O)C(F)(F)F)nc2-c2ccccc2)cc1. The van der Waals surface area contributed by atoms with Gasteiger partial charge in [0.1, 0.15) is 0 Å². The Morgan fingerprint density at radius 3 is 2.14 bits per heavy atom. The molecule has 0 saturated heterocycles. The fourth-order valence-electron chi connectivity index (χ4n) is 2.26.